The van der Waals surface area contributed by atoms with E-state index in [1.807, 2.05) is 0 Å². The van der Waals surface area contributed by atoms with E-state index >= 15 is 0 Å². The van der Waals surface area contributed by atoms with Crippen LogP contribution >= 0.6 is 0 Å². The molecule has 0 N–H and O–H groups in total. The highest BCUT2D eigenvalue weighted by Crippen LogP contribution is 2.32. The van der Waals surface area contributed by atoms with Crippen molar-refractivity contribution < 1.29 is 22.4 Å². The molecule has 0 unspecified atom stereocenters. The minimum atomic E-state index is -4.39. The molecule has 0 aliphatic heterocycles. The summed E-state index contributed by atoms with van der Waals surface area (Å²) in [6.07, 6.45) is -2.10. The van der Waals surface area contributed by atoms with Gasteiger partial charge in [-0.15, -0.1) is 0 Å². The predicted molar refractivity (Wildman–Crippen MR) is 79.0 cm³/mol. The Hall–Kier alpha value is -2.43. The lowest BCUT2D eigenvalue weighted by Crippen LogP contribution is -2.12. The van der Waals surface area contributed by atoms with Crippen LogP contribution < -0.4 is 0 Å². The summed E-state index contributed by atoms with van der Waals surface area (Å²) in [5, 5.41) is 0. The van der Waals surface area contributed by atoms with Crippen molar-refractivity contribution in [1.82, 2.24) is 0 Å². The number of aryl methyl sites for hydroxylation is 1. The van der Waals surface area contributed by atoms with Crippen LogP contribution in [0, 0.1) is 5.82 Å². The van der Waals surface area contributed by atoms with Crippen LogP contribution in [0.15, 0.2) is 42.5 Å². The Bertz CT molecular complexity index is 786. The summed E-state index contributed by atoms with van der Waals surface area (Å²) in [5.74, 6) is -0.462. The van der Waals surface area contributed by atoms with Gasteiger partial charge in [0.1, 0.15) is 5.82 Å². The smallest absolute Gasteiger partial charge is 0.294 e. The largest absolute Gasteiger partial charge is 0.416 e. The lowest BCUT2D eigenvalue weighted by Gasteiger charge is -2.18. The quantitative estimate of drug-likeness (QED) is 0.539. The van der Waals surface area contributed by atoms with Crippen molar-refractivity contribution in [2.24, 2.45) is 0 Å². The van der Waals surface area contributed by atoms with Crippen molar-refractivity contribution >= 4 is 17.4 Å². The van der Waals surface area contributed by atoms with E-state index in [2.05, 4.69) is 0 Å². The van der Waals surface area contributed by atoms with Crippen molar-refractivity contribution in [1.29, 1.82) is 0 Å². The summed E-state index contributed by atoms with van der Waals surface area (Å²) in [4.78, 5) is 12.1. The summed E-state index contributed by atoms with van der Waals surface area (Å²) in [6, 6.07) is 8.80. The normalized spacial score (nSPS) is 16.5. The molecular formula is C18H12F4O. The van der Waals surface area contributed by atoms with Gasteiger partial charge in [-0.25, -0.2) is 4.39 Å². The van der Waals surface area contributed by atoms with Gasteiger partial charge in [-0.05, 0) is 53.5 Å². The molecule has 1 aliphatic carbocycles. The zero-order chi connectivity index (χ0) is 16.6. The number of Topliss-reactive ketones (excluding diaryl/α,β-unsaturated/α-hetero) is 1. The second kappa shape index (κ2) is 5.65. The molecule has 1 aliphatic rings. The van der Waals surface area contributed by atoms with Crippen molar-refractivity contribution in [2.45, 2.75) is 19.0 Å². The maximum atomic E-state index is 13.3. The first-order valence-corrected chi connectivity index (χ1v) is 7.05. The van der Waals surface area contributed by atoms with Crippen LogP contribution in [0.3, 0.4) is 0 Å². The Balaban J connectivity index is 2.01. The number of ketones is 1. The van der Waals surface area contributed by atoms with Crippen LogP contribution in [0.4, 0.5) is 17.6 Å². The molecular weight excluding hydrogens is 308 g/mol. The Morgan fingerprint density at radius 3 is 2.30 bits per heavy atom. The SMILES string of the molecule is O=C1CCc2cc(F)ccc2/C1=C/c1ccc(C(F)(F)F)cc1. The zero-order valence-electron chi connectivity index (χ0n) is 12.0. The molecule has 1 nitrogen and oxygen atoms in total. The fourth-order valence-corrected chi connectivity index (χ4v) is 2.66. The van der Waals surface area contributed by atoms with Crippen molar-refractivity contribution in [3.05, 3.63) is 70.5 Å². The number of carbonyl (C=O) groups is 1. The molecule has 0 radical (unpaired) electrons. The first-order chi connectivity index (χ1) is 10.8. The molecule has 3 rings (SSSR count). The van der Waals surface area contributed by atoms with Crippen LogP contribution in [0.1, 0.15) is 28.7 Å². The molecule has 0 heterocycles. The van der Waals surface area contributed by atoms with E-state index < -0.39 is 11.7 Å². The number of carbonyl (C=O) groups excluding carboxylic acids is 1. The van der Waals surface area contributed by atoms with E-state index in [0.29, 0.717) is 23.1 Å². The summed E-state index contributed by atoms with van der Waals surface area (Å²) < 4.78 is 51.0. The van der Waals surface area contributed by atoms with Gasteiger partial charge in [0.2, 0.25) is 0 Å². The minimum absolute atomic E-state index is 0.0935. The van der Waals surface area contributed by atoms with E-state index in [0.717, 1.165) is 17.7 Å². The lowest BCUT2D eigenvalue weighted by atomic mass is 9.85. The summed E-state index contributed by atoms with van der Waals surface area (Å²) in [7, 11) is 0. The van der Waals surface area contributed by atoms with Gasteiger partial charge in [0, 0.05) is 12.0 Å². The number of hydrogen-bond acceptors (Lipinski definition) is 1. The summed E-state index contributed by atoms with van der Waals surface area (Å²) in [6.45, 7) is 0. The Morgan fingerprint density at radius 2 is 1.65 bits per heavy atom. The van der Waals surface area contributed by atoms with Gasteiger partial charge in [-0.2, -0.15) is 13.2 Å². The number of alkyl halides is 3. The van der Waals surface area contributed by atoms with Crippen LogP contribution in [0.5, 0.6) is 0 Å². The number of benzene rings is 2. The van der Waals surface area contributed by atoms with Crippen LogP contribution in [0.25, 0.3) is 11.6 Å². The highest BCUT2D eigenvalue weighted by atomic mass is 19.4. The molecule has 0 bridgehead atoms. The van der Waals surface area contributed by atoms with Gasteiger partial charge in [0.05, 0.1) is 5.56 Å². The molecule has 2 aromatic carbocycles. The molecule has 0 fully saturated rings. The number of halogens is 4. The van der Waals surface area contributed by atoms with Crippen molar-refractivity contribution in [2.75, 3.05) is 0 Å². The third-order valence-electron chi connectivity index (χ3n) is 3.83. The Kier molecular flexibility index (Phi) is 3.80. The van der Waals surface area contributed by atoms with E-state index in [-0.39, 0.29) is 18.0 Å². The van der Waals surface area contributed by atoms with Gasteiger partial charge >= 0.3 is 6.18 Å². The summed E-state index contributed by atoms with van der Waals surface area (Å²) >= 11 is 0. The highest BCUT2D eigenvalue weighted by molar-refractivity contribution is 6.26. The second-order valence-corrected chi connectivity index (χ2v) is 5.40. The van der Waals surface area contributed by atoms with Crippen LogP contribution in [-0.4, -0.2) is 5.78 Å². The first kappa shape index (κ1) is 15.5. The molecule has 0 spiro atoms. The minimum Gasteiger partial charge on any atom is -0.294 e. The molecule has 23 heavy (non-hydrogen) atoms. The number of allylic oxidation sites excluding steroid dienone is 1. The topological polar surface area (TPSA) is 17.1 Å². The van der Waals surface area contributed by atoms with Gasteiger partial charge in [0.15, 0.2) is 5.78 Å². The third kappa shape index (κ3) is 3.18. The zero-order valence-corrected chi connectivity index (χ0v) is 12.0. The number of hydrogen-bond donors (Lipinski definition) is 0. The van der Waals surface area contributed by atoms with Gasteiger partial charge in [0.25, 0.3) is 0 Å². The molecule has 0 saturated heterocycles. The monoisotopic (exact) mass is 320 g/mol. The molecule has 118 valence electrons. The molecule has 2 aromatic rings. The average molecular weight is 320 g/mol. The van der Waals surface area contributed by atoms with Crippen molar-refractivity contribution in [3.63, 3.8) is 0 Å². The maximum Gasteiger partial charge on any atom is 0.416 e. The van der Waals surface area contributed by atoms with E-state index in [1.54, 1.807) is 6.08 Å². The summed E-state index contributed by atoms with van der Waals surface area (Å²) in [5.41, 5.74) is 1.55. The van der Waals surface area contributed by atoms with Gasteiger partial charge in [-0.1, -0.05) is 18.2 Å². The highest BCUT2D eigenvalue weighted by Gasteiger charge is 2.30. The van der Waals surface area contributed by atoms with Gasteiger partial charge in [-0.3, -0.25) is 4.79 Å². The molecule has 0 aromatic heterocycles. The average Bonchev–Trinajstić information content (AvgIpc) is 2.50. The first-order valence-electron chi connectivity index (χ1n) is 7.05. The Morgan fingerprint density at radius 1 is 0.957 bits per heavy atom. The van der Waals surface area contributed by atoms with E-state index in [4.69, 9.17) is 0 Å². The third-order valence-corrected chi connectivity index (χ3v) is 3.83. The van der Waals surface area contributed by atoms with E-state index in [1.165, 1.54) is 30.3 Å². The standard InChI is InChI=1S/C18H12F4O/c19-14-6-7-15-12(10-14)3-8-17(23)16(15)9-11-1-4-13(5-2-11)18(20,21)22/h1-2,4-7,9-10H,3,8H2/b16-9-. The number of rotatable bonds is 1. The number of fused-ring (bicyclic) bond motifs is 1. The van der Waals surface area contributed by atoms with Gasteiger partial charge < -0.3 is 0 Å². The molecule has 5 heteroatoms. The van der Waals surface area contributed by atoms with E-state index in [9.17, 15) is 22.4 Å². The maximum absolute atomic E-state index is 13.3. The molecule has 0 atom stereocenters. The van der Waals surface area contributed by atoms with Crippen molar-refractivity contribution in [3.8, 4) is 0 Å². The molecule has 0 saturated carbocycles. The fourth-order valence-electron chi connectivity index (χ4n) is 2.66. The molecule has 0 amide bonds. The van der Waals surface area contributed by atoms with Crippen LogP contribution in [0.2, 0.25) is 0 Å². The second-order valence-electron chi connectivity index (χ2n) is 5.40. The lowest BCUT2D eigenvalue weighted by molar-refractivity contribution is -0.137. The predicted octanol–water partition coefficient (Wildman–Crippen LogP) is 4.90. The Labute approximate surface area is 130 Å². The van der Waals surface area contributed by atoms with Crippen LogP contribution in [-0.2, 0) is 17.4 Å². The fraction of sp³-hybridized carbons (Fsp3) is 0.167.